The lowest BCUT2D eigenvalue weighted by Crippen LogP contribution is -2.27. The van der Waals surface area contributed by atoms with E-state index in [0.29, 0.717) is 42.1 Å². The zero-order valence-electron chi connectivity index (χ0n) is 18.3. The monoisotopic (exact) mass is 544 g/mol. The third kappa shape index (κ3) is 6.15. The van der Waals surface area contributed by atoms with E-state index in [0.717, 1.165) is 5.56 Å². The van der Waals surface area contributed by atoms with Gasteiger partial charge in [-0.05, 0) is 72.3 Å². The Balaban J connectivity index is 1.44. The molecule has 3 aromatic rings. The number of benzene rings is 3. The van der Waals surface area contributed by atoms with Crippen molar-refractivity contribution in [1.82, 2.24) is 0 Å². The van der Waals surface area contributed by atoms with Gasteiger partial charge in [0.05, 0.1) is 17.7 Å². The van der Waals surface area contributed by atoms with Gasteiger partial charge >= 0.3 is 0 Å². The highest BCUT2D eigenvalue weighted by Gasteiger charge is 2.33. The number of anilines is 2. The zero-order chi connectivity index (χ0) is 24.9. The Morgan fingerprint density at radius 3 is 2.34 bits per heavy atom. The van der Waals surface area contributed by atoms with Crippen LogP contribution in [-0.2, 0) is 9.59 Å². The number of hydrogen-bond acceptors (Lipinski definition) is 6. The molecule has 6 nitrogen and oxygen atoms in total. The number of amides is 2. The van der Waals surface area contributed by atoms with Crippen LogP contribution in [0, 0.1) is 0 Å². The molecule has 0 atom stereocenters. The molecule has 0 radical (unpaired) electrons. The van der Waals surface area contributed by atoms with E-state index in [9.17, 15) is 9.59 Å². The number of rotatable bonds is 7. The molecule has 3 aromatic carbocycles. The molecule has 2 amide bonds. The Morgan fingerprint density at radius 1 is 1.03 bits per heavy atom. The Morgan fingerprint density at radius 2 is 1.69 bits per heavy atom. The molecule has 0 unspecified atom stereocenters. The molecule has 0 spiro atoms. The van der Waals surface area contributed by atoms with Gasteiger partial charge in [0.1, 0.15) is 0 Å². The molecule has 1 aliphatic rings. The Kier molecular flexibility index (Phi) is 7.97. The molecule has 0 aromatic heterocycles. The lowest BCUT2D eigenvalue weighted by Gasteiger charge is -2.14. The summed E-state index contributed by atoms with van der Waals surface area (Å²) < 4.78 is 11.5. The van der Waals surface area contributed by atoms with Crippen molar-refractivity contribution in [2.75, 3.05) is 23.9 Å². The summed E-state index contributed by atoms with van der Waals surface area (Å²) >= 11 is 18.4. The standard InChI is InChI=1S/C25H18Cl2N2O4S2/c1-32-21-12-15(2-11-20(21)33-14-23(30)28-18-7-3-16(26)4-8-18)13-22-24(31)29(25(34)35-22)19-9-5-17(27)6-10-19/h2-13H,14H2,1H3,(H,28,30)/b22-13-. The van der Waals surface area contributed by atoms with E-state index in [1.807, 2.05) is 0 Å². The molecule has 1 fully saturated rings. The summed E-state index contributed by atoms with van der Waals surface area (Å²) in [5.74, 6) is 0.264. The molecule has 0 bridgehead atoms. The average Bonchev–Trinajstić information content (AvgIpc) is 3.12. The predicted molar refractivity (Wildman–Crippen MR) is 146 cm³/mol. The van der Waals surface area contributed by atoms with Gasteiger partial charge in [0.25, 0.3) is 11.8 Å². The van der Waals surface area contributed by atoms with Crippen LogP contribution in [0.2, 0.25) is 10.0 Å². The van der Waals surface area contributed by atoms with Crippen LogP contribution in [0.15, 0.2) is 71.6 Å². The highest BCUT2D eigenvalue weighted by molar-refractivity contribution is 8.27. The summed E-state index contributed by atoms with van der Waals surface area (Å²) in [6.45, 7) is -0.210. The van der Waals surface area contributed by atoms with E-state index < -0.39 is 0 Å². The third-order valence-electron chi connectivity index (χ3n) is 4.85. The number of carbonyl (C=O) groups excluding carboxylic acids is 2. The van der Waals surface area contributed by atoms with Gasteiger partial charge in [0.2, 0.25) is 0 Å². The van der Waals surface area contributed by atoms with Gasteiger partial charge in [-0.2, -0.15) is 0 Å². The van der Waals surface area contributed by atoms with Crippen LogP contribution < -0.4 is 19.7 Å². The van der Waals surface area contributed by atoms with Crippen molar-refractivity contribution in [3.63, 3.8) is 0 Å². The second-order valence-corrected chi connectivity index (χ2v) is 9.80. The lowest BCUT2D eigenvalue weighted by atomic mass is 10.2. The minimum absolute atomic E-state index is 0.210. The van der Waals surface area contributed by atoms with Crippen molar-refractivity contribution in [2.24, 2.45) is 0 Å². The molecule has 178 valence electrons. The fraction of sp³-hybridized carbons (Fsp3) is 0.0800. The first-order valence-corrected chi connectivity index (χ1v) is 12.2. The fourth-order valence-corrected chi connectivity index (χ4v) is 4.75. The number of methoxy groups -OCH3 is 1. The van der Waals surface area contributed by atoms with Crippen molar-refractivity contribution in [3.05, 3.63) is 87.2 Å². The maximum atomic E-state index is 13.0. The second-order valence-electron chi connectivity index (χ2n) is 7.25. The molecular formula is C25H18Cl2N2O4S2. The van der Waals surface area contributed by atoms with Gasteiger partial charge < -0.3 is 14.8 Å². The van der Waals surface area contributed by atoms with Gasteiger partial charge in [-0.3, -0.25) is 14.5 Å². The van der Waals surface area contributed by atoms with Crippen LogP contribution in [0.1, 0.15) is 5.56 Å². The highest BCUT2D eigenvalue weighted by Crippen LogP contribution is 2.37. The highest BCUT2D eigenvalue weighted by atomic mass is 35.5. The van der Waals surface area contributed by atoms with E-state index in [1.54, 1.807) is 72.8 Å². The molecule has 0 saturated carbocycles. The van der Waals surface area contributed by atoms with Crippen LogP contribution in [0.3, 0.4) is 0 Å². The minimum Gasteiger partial charge on any atom is -0.493 e. The Labute approximate surface area is 221 Å². The van der Waals surface area contributed by atoms with Crippen molar-refractivity contribution in [1.29, 1.82) is 0 Å². The van der Waals surface area contributed by atoms with E-state index in [-0.39, 0.29) is 18.4 Å². The largest absolute Gasteiger partial charge is 0.493 e. The summed E-state index contributed by atoms with van der Waals surface area (Å²) in [7, 11) is 1.50. The first kappa shape index (κ1) is 25.1. The van der Waals surface area contributed by atoms with Gasteiger partial charge in [-0.25, -0.2) is 0 Å². The van der Waals surface area contributed by atoms with Crippen molar-refractivity contribution in [3.8, 4) is 11.5 Å². The summed E-state index contributed by atoms with van der Waals surface area (Å²) in [4.78, 5) is 27.1. The number of nitrogens with one attached hydrogen (secondary N) is 1. The Hall–Kier alpha value is -3.04. The molecule has 4 rings (SSSR count). The SMILES string of the molecule is COc1cc(/C=C2\SC(=S)N(c3ccc(Cl)cc3)C2=O)ccc1OCC(=O)Nc1ccc(Cl)cc1. The number of halogens is 2. The van der Waals surface area contributed by atoms with Crippen LogP contribution in [0.5, 0.6) is 11.5 Å². The average molecular weight is 545 g/mol. The number of ether oxygens (including phenoxy) is 2. The molecule has 35 heavy (non-hydrogen) atoms. The molecule has 1 N–H and O–H groups in total. The zero-order valence-corrected chi connectivity index (χ0v) is 21.4. The van der Waals surface area contributed by atoms with E-state index in [1.165, 1.54) is 23.8 Å². The predicted octanol–water partition coefficient (Wildman–Crippen LogP) is 6.43. The number of carbonyl (C=O) groups is 2. The molecule has 1 heterocycles. The van der Waals surface area contributed by atoms with E-state index in [2.05, 4.69) is 5.32 Å². The van der Waals surface area contributed by atoms with Gasteiger partial charge in [-0.15, -0.1) is 0 Å². The van der Waals surface area contributed by atoms with Crippen LogP contribution in [-0.4, -0.2) is 29.9 Å². The first-order valence-electron chi connectivity index (χ1n) is 10.2. The smallest absolute Gasteiger partial charge is 0.270 e. The quantitative estimate of drug-likeness (QED) is 0.273. The first-order chi connectivity index (χ1) is 16.8. The van der Waals surface area contributed by atoms with Crippen LogP contribution in [0.4, 0.5) is 11.4 Å². The van der Waals surface area contributed by atoms with Crippen molar-refractivity contribution in [2.45, 2.75) is 0 Å². The number of nitrogens with zero attached hydrogens (tertiary/aromatic N) is 1. The number of hydrogen-bond donors (Lipinski definition) is 1. The number of thiocarbonyl (C=S) groups is 1. The summed E-state index contributed by atoms with van der Waals surface area (Å²) in [6, 6.07) is 18.8. The van der Waals surface area contributed by atoms with Crippen LogP contribution >= 0.6 is 47.2 Å². The maximum Gasteiger partial charge on any atom is 0.270 e. The molecule has 1 aliphatic heterocycles. The third-order valence-corrected chi connectivity index (χ3v) is 6.66. The van der Waals surface area contributed by atoms with E-state index >= 15 is 0 Å². The molecule has 10 heteroatoms. The molecule has 1 saturated heterocycles. The Bertz CT molecular complexity index is 1310. The number of thioether (sulfide) groups is 1. The maximum absolute atomic E-state index is 13.0. The summed E-state index contributed by atoms with van der Waals surface area (Å²) in [5.41, 5.74) is 1.98. The second kappa shape index (κ2) is 11.1. The van der Waals surface area contributed by atoms with Crippen LogP contribution in [0.25, 0.3) is 6.08 Å². The lowest BCUT2D eigenvalue weighted by molar-refractivity contribution is -0.118. The molecule has 0 aliphatic carbocycles. The van der Waals surface area contributed by atoms with E-state index in [4.69, 9.17) is 44.9 Å². The normalized spacial score (nSPS) is 14.4. The molecular weight excluding hydrogens is 527 g/mol. The fourth-order valence-electron chi connectivity index (χ4n) is 3.20. The summed E-state index contributed by atoms with van der Waals surface area (Å²) in [5, 5.41) is 3.88. The van der Waals surface area contributed by atoms with Gasteiger partial charge in [0, 0.05) is 15.7 Å². The summed E-state index contributed by atoms with van der Waals surface area (Å²) in [6.07, 6.45) is 1.73. The van der Waals surface area contributed by atoms with Gasteiger partial charge in [-0.1, -0.05) is 53.2 Å². The van der Waals surface area contributed by atoms with Crippen molar-refractivity contribution < 1.29 is 19.1 Å². The van der Waals surface area contributed by atoms with Crippen molar-refractivity contribution >= 4 is 80.8 Å². The van der Waals surface area contributed by atoms with Gasteiger partial charge in [0.15, 0.2) is 22.4 Å². The minimum atomic E-state index is -0.329. The topological polar surface area (TPSA) is 67.9 Å².